The molecule has 0 aromatic heterocycles. The zero-order valence-corrected chi connectivity index (χ0v) is 14.4. The molecule has 3 aromatic carbocycles. The van der Waals surface area contributed by atoms with Crippen LogP contribution in [0.2, 0.25) is 0 Å². The first-order valence-corrected chi connectivity index (χ1v) is 8.33. The van der Waals surface area contributed by atoms with Gasteiger partial charge >= 0.3 is 5.97 Å². The Morgan fingerprint density at radius 3 is 1.58 bits per heavy atom. The summed E-state index contributed by atoms with van der Waals surface area (Å²) in [6.45, 7) is 1.30. The Morgan fingerprint density at radius 1 is 0.731 bits per heavy atom. The molecule has 0 bridgehead atoms. The van der Waals surface area contributed by atoms with Gasteiger partial charge in [0.15, 0.2) is 0 Å². The summed E-state index contributed by atoms with van der Waals surface area (Å²) in [5.74, 6) is -0.836. The monoisotopic (exact) mass is 345 g/mol. The minimum Gasteiger partial charge on any atom is -0.447 e. The van der Waals surface area contributed by atoms with E-state index < -0.39 is 12.1 Å². The van der Waals surface area contributed by atoms with Crippen LogP contribution in [-0.2, 0) is 14.3 Å². The van der Waals surface area contributed by atoms with E-state index in [1.807, 2.05) is 78.9 Å². The summed E-state index contributed by atoms with van der Waals surface area (Å²) in [5.41, 5.74) is 2.04. The minimum absolute atomic E-state index is 0.330. The van der Waals surface area contributed by atoms with Crippen LogP contribution in [0.15, 0.2) is 91.0 Å². The summed E-state index contributed by atoms with van der Waals surface area (Å²) in [4.78, 5) is 26.6. The Morgan fingerprint density at radius 2 is 1.15 bits per heavy atom. The molecule has 0 spiro atoms. The van der Waals surface area contributed by atoms with Crippen molar-refractivity contribution in [2.75, 3.05) is 4.90 Å². The molecule has 0 aliphatic carbocycles. The number of esters is 1. The van der Waals surface area contributed by atoms with Crippen LogP contribution >= 0.6 is 0 Å². The number of ether oxygens (including phenoxy) is 1. The first-order valence-electron chi connectivity index (χ1n) is 8.33. The van der Waals surface area contributed by atoms with E-state index in [1.165, 1.54) is 6.92 Å². The molecular formula is C22H19NO3. The standard InChI is InChI=1S/C22H19NO3/c1-17(24)26-21(18-11-5-2-6-12-18)22(25)23(19-13-7-3-8-14-19)20-15-9-4-10-16-20/h2-16,21H,1H3. The largest absolute Gasteiger partial charge is 0.447 e. The summed E-state index contributed by atoms with van der Waals surface area (Å²) in [6.07, 6.45) is -1.02. The highest BCUT2D eigenvalue weighted by atomic mass is 16.5. The van der Waals surface area contributed by atoms with Gasteiger partial charge in [-0.25, -0.2) is 0 Å². The lowest BCUT2D eigenvalue weighted by atomic mass is 10.1. The number of amides is 1. The number of carbonyl (C=O) groups excluding carboxylic acids is 2. The van der Waals surface area contributed by atoms with Gasteiger partial charge in [0.1, 0.15) is 0 Å². The van der Waals surface area contributed by atoms with Crippen LogP contribution < -0.4 is 4.90 Å². The lowest BCUT2D eigenvalue weighted by molar-refractivity contribution is -0.153. The summed E-state index contributed by atoms with van der Waals surface area (Å²) >= 11 is 0. The Bertz CT molecular complexity index is 824. The van der Waals surface area contributed by atoms with Crippen molar-refractivity contribution in [1.29, 1.82) is 0 Å². The van der Waals surface area contributed by atoms with E-state index in [-0.39, 0.29) is 5.91 Å². The lowest BCUT2D eigenvalue weighted by Gasteiger charge is -2.27. The van der Waals surface area contributed by atoms with Crippen molar-refractivity contribution in [1.82, 2.24) is 0 Å². The Kier molecular flexibility index (Phi) is 5.44. The third-order valence-electron chi connectivity index (χ3n) is 3.86. The Balaban J connectivity index is 2.06. The number of para-hydroxylation sites is 2. The van der Waals surface area contributed by atoms with Crippen molar-refractivity contribution in [3.05, 3.63) is 96.6 Å². The minimum atomic E-state index is -1.02. The number of carbonyl (C=O) groups is 2. The molecule has 0 saturated carbocycles. The molecule has 0 aliphatic heterocycles. The van der Waals surface area contributed by atoms with Crippen LogP contribution in [0.1, 0.15) is 18.6 Å². The van der Waals surface area contributed by atoms with E-state index in [1.54, 1.807) is 17.0 Å². The molecule has 26 heavy (non-hydrogen) atoms. The molecule has 4 heteroatoms. The van der Waals surface area contributed by atoms with E-state index in [0.29, 0.717) is 16.9 Å². The molecule has 1 amide bonds. The molecular weight excluding hydrogens is 326 g/mol. The average molecular weight is 345 g/mol. The number of rotatable bonds is 5. The highest BCUT2D eigenvalue weighted by Gasteiger charge is 2.30. The molecule has 130 valence electrons. The smallest absolute Gasteiger partial charge is 0.303 e. The summed E-state index contributed by atoms with van der Waals surface area (Å²) < 4.78 is 5.39. The van der Waals surface area contributed by atoms with Gasteiger partial charge in [-0.3, -0.25) is 14.5 Å². The lowest BCUT2D eigenvalue weighted by Crippen LogP contribution is -2.33. The molecule has 0 radical (unpaired) electrons. The summed E-state index contributed by atoms with van der Waals surface area (Å²) in [7, 11) is 0. The fraction of sp³-hybridized carbons (Fsp3) is 0.0909. The van der Waals surface area contributed by atoms with Crippen molar-refractivity contribution >= 4 is 23.3 Å². The van der Waals surface area contributed by atoms with Gasteiger partial charge in [-0.1, -0.05) is 66.7 Å². The van der Waals surface area contributed by atoms with Crippen molar-refractivity contribution < 1.29 is 14.3 Å². The zero-order valence-electron chi connectivity index (χ0n) is 14.4. The van der Waals surface area contributed by atoms with Crippen molar-refractivity contribution in [3.63, 3.8) is 0 Å². The number of hydrogen-bond donors (Lipinski definition) is 0. The van der Waals surface area contributed by atoms with Gasteiger partial charge in [-0.05, 0) is 24.3 Å². The zero-order chi connectivity index (χ0) is 18.4. The topological polar surface area (TPSA) is 46.6 Å². The van der Waals surface area contributed by atoms with Crippen molar-refractivity contribution in [2.45, 2.75) is 13.0 Å². The van der Waals surface area contributed by atoms with Crippen molar-refractivity contribution in [2.24, 2.45) is 0 Å². The molecule has 3 rings (SSSR count). The molecule has 3 aromatic rings. The van der Waals surface area contributed by atoms with Crippen LogP contribution in [0.25, 0.3) is 0 Å². The molecule has 0 aliphatic rings. The van der Waals surface area contributed by atoms with Crippen molar-refractivity contribution in [3.8, 4) is 0 Å². The first kappa shape index (κ1) is 17.4. The van der Waals surface area contributed by atoms with Gasteiger partial charge in [0.2, 0.25) is 6.10 Å². The van der Waals surface area contributed by atoms with Crippen LogP contribution in [0.3, 0.4) is 0 Å². The maximum atomic E-state index is 13.4. The second-order valence-electron chi connectivity index (χ2n) is 5.74. The van der Waals surface area contributed by atoms with Crippen LogP contribution in [0.4, 0.5) is 11.4 Å². The van der Waals surface area contributed by atoms with Gasteiger partial charge in [0.25, 0.3) is 5.91 Å². The Labute approximate surface area is 152 Å². The maximum absolute atomic E-state index is 13.4. The van der Waals surface area contributed by atoms with Crippen LogP contribution in [0, 0.1) is 0 Å². The highest BCUT2D eigenvalue weighted by molar-refractivity contribution is 6.04. The predicted molar refractivity (Wildman–Crippen MR) is 101 cm³/mol. The van der Waals surface area contributed by atoms with E-state index in [2.05, 4.69) is 0 Å². The van der Waals surface area contributed by atoms with E-state index >= 15 is 0 Å². The number of anilines is 2. The average Bonchev–Trinajstić information content (AvgIpc) is 2.68. The molecule has 0 N–H and O–H groups in total. The van der Waals surface area contributed by atoms with Gasteiger partial charge in [0, 0.05) is 23.9 Å². The van der Waals surface area contributed by atoms with E-state index in [9.17, 15) is 9.59 Å². The predicted octanol–water partition coefficient (Wildman–Crippen LogP) is 4.66. The van der Waals surface area contributed by atoms with E-state index in [0.717, 1.165) is 0 Å². The second kappa shape index (κ2) is 8.12. The Hall–Kier alpha value is -3.40. The molecule has 1 unspecified atom stereocenters. The SMILES string of the molecule is CC(=O)OC(C(=O)N(c1ccccc1)c1ccccc1)c1ccccc1. The normalized spacial score (nSPS) is 11.4. The fourth-order valence-corrected chi connectivity index (χ4v) is 2.73. The maximum Gasteiger partial charge on any atom is 0.303 e. The molecule has 0 heterocycles. The van der Waals surface area contributed by atoms with Gasteiger partial charge in [0.05, 0.1) is 0 Å². The molecule has 4 nitrogen and oxygen atoms in total. The third-order valence-corrected chi connectivity index (χ3v) is 3.86. The first-order chi connectivity index (χ1) is 12.7. The van der Waals surface area contributed by atoms with Crippen LogP contribution in [-0.4, -0.2) is 11.9 Å². The second-order valence-corrected chi connectivity index (χ2v) is 5.74. The molecule has 0 saturated heterocycles. The van der Waals surface area contributed by atoms with Crippen LogP contribution in [0.5, 0.6) is 0 Å². The third kappa shape index (κ3) is 3.98. The van der Waals surface area contributed by atoms with Gasteiger partial charge < -0.3 is 4.74 Å². The summed E-state index contributed by atoms with van der Waals surface area (Å²) in [5, 5.41) is 0. The number of benzene rings is 3. The van der Waals surface area contributed by atoms with E-state index in [4.69, 9.17) is 4.74 Å². The molecule has 1 atom stereocenters. The number of hydrogen-bond acceptors (Lipinski definition) is 3. The number of nitrogens with zero attached hydrogens (tertiary/aromatic N) is 1. The quantitative estimate of drug-likeness (QED) is 0.632. The van der Waals surface area contributed by atoms with Gasteiger partial charge in [-0.15, -0.1) is 0 Å². The molecule has 0 fully saturated rings. The fourth-order valence-electron chi connectivity index (χ4n) is 2.73. The summed E-state index contributed by atoms with van der Waals surface area (Å²) in [6, 6.07) is 27.7. The van der Waals surface area contributed by atoms with Gasteiger partial charge in [-0.2, -0.15) is 0 Å². The highest BCUT2D eigenvalue weighted by Crippen LogP contribution is 2.30.